The summed E-state index contributed by atoms with van der Waals surface area (Å²) in [6, 6.07) is 13.0. The number of ether oxygens (including phenoxy) is 3. The lowest BCUT2D eigenvalue weighted by atomic mass is 9.95. The molecule has 1 aliphatic heterocycles. The summed E-state index contributed by atoms with van der Waals surface area (Å²) in [5.74, 6) is 0.593. The van der Waals surface area contributed by atoms with E-state index in [1.807, 2.05) is 50.3 Å². The van der Waals surface area contributed by atoms with Crippen molar-refractivity contribution in [3.05, 3.63) is 90.2 Å². The van der Waals surface area contributed by atoms with Crippen LogP contribution in [-0.2, 0) is 16.1 Å². The summed E-state index contributed by atoms with van der Waals surface area (Å²) in [6.45, 7) is 12.6. The van der Waals surface area contributed by atoms with Crippen molar-refractivity contribution in [2.45, 2.75) is 60.2 Å². The Morgan fingerprint density at radius 2 is 1.88 bits per heavy atom. The van der Waals surface area contributed by atoms with Crippen molar-refractivity contribution in [2.75, 3.05) is 13.7 Å². The van der Waals surface area contributed by atoms with Crippen molar-refractivity contribution in [3.63, 3.8) is 0 Å². The number of methoxy groups -OCH3 is 1. The second kappa shape index (κ2) is 11.4. The van der Waals surface area contributed by atoms with Gasteiger partial charge in [0.15, 0.2) is 16.3 Å². The van der Waals surface area contributed by atoms with Crippen LogP contribution < -0.4 is 24.4 Å². The molecule has 214 valence electrons. The van der Waals surface area contributed by atoms with Gasteiger partial charge in [-0.2, -0.15) is 0 Å². The molecular formula is C32H35N3O5S. The summed E-state index contributed by atoms with van der Waals surface area (Å²) in [5, 5.41) is 1.09. The average molecular weight is 574 g/mol. The van der Waals surface area contributed by atoms with E-state index in [0.29, 0.717) is 37.7 Å². The minimum atomic E-state index is -0.743. The number of nitrogens with zero attached hydrogens (tertiary/aromatic N) is 3. The van der Waals surface area contributed by atoms with E-state index in [4.69, 9.17) is 19.2 Å². The molecule has 0 unspecified atom stereocenters. The lowest BCUT2D eigenvalue weighted by molar-refractivity contribution is -0.139. The molecule has 2 aromatic carbocycles. The predicted molar refractivity (Wildman–Crippen MR) is 162 cm³/mol. The molecule has 0 N–H and O–H groups in total. The van der Waals surface area contributed by atoms with E-state index in [-0.39, 0.29) is 18.3 Å². The van der Waals surface area contributed by atoms with E-state index in [0.717, 1.165) is 28.7 Å². The number of aryl methyl sites for hydroxylation is 1. The molecule has 3 heterocycles. The number of allylic oxidation sites excluding steroid dienone is 1. The number of benzene rings is 2. The summed E-state index contributed by atoms with van der Waals surface area (Å²) in [4.78, 5) is 32.7. The highest BCUT2D eigenvalue weighted by Gasteiger charge is 2.34. The monoisotopic (exact) mass is 573 g/mol. The van der Waals surface area contributed by atoms with Crippen LogP contribution in [0.3, 0.4) is 0 Å². The SMILES string of the molecule is CCOC(=O)C1=C(C)N=c2s/c(=C/c3c(C)n(CC)c4ccccc34)c(=O)n2[C@@H]1c1ccc(OC(C)C)c(OC)c1. The molecule has 0 bridgehead atoms. The first-order valence-electron chi connectivity index (χ1n) is 13.8. The summed E-state index contributed by atoms with van der Waals surface area (Å²) in [5.41, 5.74) is 4.53. The maximum absolute atomic E-state index is 14.2. The summed E-state index contributed by atoms with van der Waals surface area (Å²) < 4.78 is 21.4. The van der Waals surface area contributed by atoms with Gasteiger partial charge in [0.05, 0.1) is 41.7 Å². The van der Waals surface area contributed by atoms with E-state index in [2.05, 4.69) is 30.5 Å². The molecule has 0 radical (unpaired) electrons. The van der Waals surface area contributed by atoms with Gasteiger partial charge in [-0.3, -0.25) is 9.36 Å². The Morgan fingerprint density at radius 1 is 1.12 bits per heavy atom. The van der Waals surface area contributed by atoms with E-state index >= 15 is 0 Å². The quantitative estimate of drug-likeness (QED) is 0.281. The Labute approximate surface area is 242 Å². The van der Waals surface area contributed by atoms with Gasteiger partial charge in [-0.25, -0.2) is 9.79 Å². The highest BCUT2D eigenvalue weighted by molar-refractivity contribution is 7.07. The zero-order valence-electron chi connectivity index (χ0n) is 24.5. The van der Waals surface area contributed by atoms with Gasteiger partial charge in [0.1, 0.15) is 0 Å². The van der Waals surface area contributed by atoms with E-state index in [1.165, 1.54) is 11.3 Å². The summed E-state index contributed by atoms with van der Waals surface area (Å²) in [7, 11) is 1.57. The van der Waals surface area contributed by atoms with Crippen molar-refractivity contribution >= 4 is 34.3 Å². The molecule has 0 saturated carbocycles. The molecule has 2 aromatic heterocycles. The molecule has 0 aliphatic carbocycles. The number of para-hydroxylation sites is 1. The van der Waals surface area contributed by atoms with Crippen LogP contribution in [0.4, 0.5) is 0 Å². The van der Waals surface area contributed by atoms with E-state index in [9.17, 15) is 9.59 Å². The summed E-state index contributed by atoms with van der Waals surface area (Å²) in [6.07, 6.45) is 1.90. The molecule has 5 rings (SSSR count). The largest absolute Gasteiger partial charge is 0.493 e. The molecule has 0 spiro atoms. The van der Waals surface area contributed by atoms with Gasteiger partial charge in [0, 0.05) is 28.7 Å². The van der Waals surface area contributed by atoms with Crippen molar-refractivity contribution in [2.24, 2.45) is 4.99 Å². The molecule has 8 nitrogen and oxygen atoms in total. The molecule has 41 heavy (non-hydrogen) atoms. The van der Waals surface area contributed by atoms with E-state index in [1.54, 1.807) is 25.5 Å². The lowest BCUT2D eigenvalue weighted by Gasteiger charge is -2.25. The number of rotatable bonds is 8. The molecule has 0 fully saturated rings. The second-order valence-corrected chi connectivity index (χ2v) is 11.1. The van der Waals surface area contributed by atoms with E-state index < -0.39 is 12.0 Å². The zero-order chi connectivity index (χ0) is 29.4. The Bertz CT molecular complexity index is 1860. The van der Waals surface area contributed by atoms with Gasteiger partial charge in [-0.05, 0) is 71.4 Å². The number of carbonyl (C=O) groups excluding carboxylic acids is 1. The number of aromatic nitrogens is 2. The Hall–Kier alpha value is -4.11. The number of carbonyl (C=O) groups is 1. The van der Waals surface area contributed by atoms with Gasteiger partial charge < -0.3 is 18.8 Å². The lowest BCUT2D eigenvalue weighted by Crippen LogP contribution is -2.40. The number of esters is 1. The number of hydrogen-bond acceptors (Lipinski definition) is 7. The van der Waals surface area contributed by atoms with Gasteiger partial charge in [-0.1, -0.05) is 35.6 Å². The first kappa shape index (κ1) is 28.4. The van der Waals surface area contributed by atoms with Crippen LogP contribution in [0.25, 0.3) is 17.0 Å². The van der Waals surface area contributed by atoms with Crippen molar-refractivity contribution in [1.82, 2.24) is 9.13 Å². The first-order valence-corrected chi connectivity index (χ1v) is 14.6. The third-order valence-corrected chi connectivity index (χ3v) is 8.24. The first-order chi connectivity index (χ1) is 19.7. The third kappa shape index (κ3) is 4.99. The van der Waals surface area contributed by atoms with Gasteiger partial charge in [-0.15, -0.1) is 0 Å². The molecular weight excluding hydrogens is 538 g/mol. The minimum absolute atomic E-state index is 0.0493. The average Bonchev–Trinajstić information content (AvgIpc) is 3.40. The van der Waals surface area contributed by atoms with Crippen LogP contribution >= 0.6 is 11.3 Å². The highest BCUT2D eigenvalue weighted by Crippen LogP contribution is 2.36. The molecule has 4 aromatic rings. The second-order valence-electron chi connectivity index (χ2n) is 10.1. The Balaban J connectivity index is 1.75. The standard InChI is InChI=1S/C32H35N3O5S/c1-8-34-20(6)23(22-12-10-11-13-24(22)34)17-27-30(36)35-29(21-14-15-25(40-18(3)4)26(16-21)38-7)28(31(37)39-9-2)19(5)33-32(35)41-27/h10-18,29H,8-9H2,1-7H3/b27-17+/t29-/m1/s1. The van der Waals surface area contributed by atoms with Crippen LogP contribution in [0.5, 0.6) is 11.5 Å². The molecule has 0 amide bonds. The fourth-order valence-electron chi connectivity index (χ4n) is 5.49. The van der Waals surface area contributed by atoms with Gasteiger partial charge >= 0.3 is 5.97 Å². The third-order valence-electron chi connectivity index (χ3n) is 7.25. The Kier molecular flexibility index (Phi) is 7.91. The molecule has 1 atom stereocenters. The highest BCUT2D eigenvalue weighted by atomic mass is 32.1. The summed E-state index contributed by atoms with van der Waals surface area (Å²) >= 11 is 1.32. The van der Waals surface area contributed by atoms with Crippen LogP contribution in [0, 0.1) is 6.92 Å². The number of fused-ring (bicyclic) bond motifs is 2. The predicted octanol–water partition coefficient (Wildman–Crippen LogP) is 4.88. The fourth-order valence-corrected chi connectivity index (χ4v) is 6.52. The topological polar surface area (TPSA) is 84.1 Å². The fraction of sp³-hybridized carbons (Fsp3) is 0.344. The van der Waals surface area contributed by atoms with Crippen molar-refractivity contribution < 1.29 is 19.0 Å². The minimum Gasteiger partial charge on any atom is -0.493 e. The maximum Gasteiger partial charge on any atom is 0.338 e. The normalized spacial score (nSPS) is 15.3. The van der Waals surface area contributed by atoms with Crippen LogP contribution in [-0.4, -0.2) is 34.9 Å². The van der Waals surface area contributed by atoms with Gasteiger partial charge in [0.2, 0.25) is 0 Å². The Morgan fingerprint density at radius 3 is 2.56 bits per heavy atom. The smallest absolute Gasteiger partial charge is 0.338 e. The number of thiazole rings is 1. The van der Waals surface area contributed by atoms with Crippen molar-refractivity contribution in [1.29, 1.82) is 0 Å². The van der Waals surface area contributed by atoms with Crippen LogP contribution in [0.2, 0.25) is 0 Å². The molecule has 0 saturated heterocycles. The maximum atomic E-state index is 14.2. The van der Waals surface area contributed by atoms with Gasteiger partial charge in [0.25, 0.3) is 5.56 Å². The van der Waals surface area contributed by atoms with Crippen LogP contribution in [0.15, 0.2) is 63.5 Å². The number of hydrogen-bond donors (Lipinski definition) is 0. The molecule has 9 heteroatoms. The van der Waals surface area contributed by atoms with Crippen molar-refractivity contribution in [3.8, 4) is 11.5 Å². The van der Waals surface area contributed by atoms with Crippen LogP contribution in [0.1, 0.15) is 57.5 Å². The molecule has 1 aliphatic rings. The zero-order valence-corrected chi connectivity index (χ0v) is 25.3.